The molecule has 4 rings (SSSR count). The van der Waals surface area contributed by atoms with Crippen LogP contribution in [-0.4, -0.2) is 41.2 Å². The van der Waals surface area contributed by atoms with Crippen LogP contribution in [0, 0.1) is 5.92 Å². The van der Waals surface area contributed by atoms with Crippen molar-refractivity contribution in [2.75, 3.05) is 26.3 Å². The number of aromatic amines is 1. The fourth-order valence-corrected chi connectivity index (χ4v) is 3.28. The average molecular weight is 311 g/mol. The van der Waals surface area contributed by atoms with Gasteiger partial charge >= 0.3 is 0 Å². The fraction of sp³-hybridized carbons (Fsp3) is 0.389. The van der Waals surface area contributed by atoms with Gasteiger partial charge in [-0.25, -0.2) is 4.98 Å². The van der Waals surface area contributed by atoms with E-state index in [9.17, 15) is 0 Å². The zero-order valence-corrected chi connectivity index (χ0v) is 13.1. The second kappa shape index (κ2) is 6.56. The van der Waals surface area contributed by atoms with E-state index in [0.29, 0.717) is 5.92 Å². The molecule has 0 unspecified atom stereocenters. The Bertz CT molecular complexity index is 751. The number of nitrogens with one attached hydrogen (secondary N) is 1. The predicted molar refractivity (Wildman–Crippen MR) is 88.1 cm³/mol. The van der Waals surface area contributed by atoms with Crippen LogP contribution in [-0.2, 0) is 17.7 Å². The van der Waals surface area contributed by atoms with Crippen molar-refractivity contribution in [3.8, 4) is 0 Å². The molecular formula is C18H21N3O2. The molecule has 0 bridgehead atoms. The summed E-state index contributed by atoms with van der Waals surface area (Å²) in [6.07, 6.45) is 6.43. The van der Waals surface area contributed by atoms with Crippen molar-refractivity contribution in [1.29, 1.82) is 0 Å². The predicted octanol–water partition coefficient (Wildman–Crippen LogP) is 2.85. The number of hydrogen-bond acceptors (Lipinski definition) is 4. The lowest BCUT2D eigenvalue weighted by Crippen LogP contribution is -2.30. The number of ether oxygens (including phenoxy) is 1. The van der Waals surface area contributed by atoms with Crippen molar-refractivity contribution in [3.63, 3.8) is 0 Å². The molecule has 1 aliphatic rings. The van der Waals surface area contributed by atoms with Gasteiger partial charge in [0, 0.05) is 30.9 Å². The van der Waals surface area contributed by atoms with Crippen LogP contribution in [0.5, 0.6) is 0 Å². The molecule has 5 heteroatoms. The highest BCUT2D eigenvalue weighted by atomic mass is 16.5. The summed E-state index contributed by atoms with van der Waals surface area (Å²) in [5.41, 5.74) is 2.27. The standard InChI is InChI=1S/C18H21N3O2/c1-2-16-3-7-23-17(16)10-14(1)9-15-11-21(6-8-22-13-15)12-18-19-4-5-20-18/h1-5,7,10,15H,6,8-9,11-13H2,(H,19,20)/t15-/m0/s1. The Hall–Kier alpha value is -2.11. The van der Waals surface area contributed by atoms with Gasteiger partial charge in [0.25, 0.3) is 0 Å². The van der Waals surface area contributed by atoms with Crippen LogP contribution in [0.3, 0.4) is 0 Å². The van der Waals surface area contributed by atoms with Crippen molar-refractivity contribution >= 4 is 11.0 Å². The maximum Gasteiger partial charge on any atom is 0.134 e. The van der Waals surface area contributed by atoms with Crippen molar-refractivity contribution in [2.24, 2.45) is 5.92 Å². The maximum absolute atomic E-state index is 5.81. The molecule has 120 valence electrons. The molecule has 0 aliphatic carbocycles. The van der Waals surface area contributed by atoms with E-state index in [2.05, 4.69) is 33.1 Å². The highest BCUT2D eigenvalue weighted by Gasteiger charge is 2.20. The lowest BCUT2D eigenvalue weighted by Gasteiger charge is -2.22. The largest absolute Gasteiger partial charge is 0.464 e. The minimum Gasteiger partial charge on any atom is -0.464 e. The topological polar surface area (TPSA) is 54.3 Å². The number of furan rings is 1. The minimum atomic E-state index is 0.486. The Balaban J connectivity index is 1.44. The first-order valence-electron chi connectivity index (χ1n) is 8.11. The smallest absolute Gasteiger partial charge is 0.134 e. The van der Waals surface area contributed by atoms with Crippen LogP contribution in [0.15, 0.2) is 47.3 Å². The molecule has 0 saturated carbocycles. The molecule has 3 heterocycles. The second-order valence-electron chi connectivity index (χ2n) is 6.21. The van der Waals surface area contributed by atoms with Crippen LogP contribution in [0.2, 0.25) is 0 Å². The summed E-state index contributed by atoms with van der Waals surface area (Å²) in [5.74, 6) is 1.50. The number of hydrogen-bond donors (Lipinski definition) is 1. The Morgan fingerprint density at radius 2 is 2.30 bits per heavy atom. The van der Waals surface area contributed by atoms with Crippen molar-refractivity contribution in [2.45, 2.75) is 13.0 Å². The third kappa shape index (κ3) is 3.46. The van der Waals surface area contributed by atoms with Crippen molar-refractivity contribution in [3.05, 3.63) is 54.3 Å². The number of fused-ring (bicyclic) bond motifs is 1. The van der Waals surface area contributed by atoms with E-state index in [1.165, 1.54) is 5.56 Å². The van der Waals surface area contributed by atoms with Crippen LogP contribution >= 0.6 is 0 Å². The normalized spacial score (nSPS) is 19.9. The van der Waals surface area contributed by atoms with Crippen LogP contribution in [0.25, 0.3) is 11.0 Å². The summed E-state index contributed by atoms with van der Waals surface area (Å²) >= 11 is 0. The lowest BCUT2D eigenvalue weighted by atomic mass is 9.99. The zero-order valence-electron chi connectivity index (χ0n) is 13.1. The van der Waals surface area contributed by atoms with Gasteiger partial charge in [-0.2, -0.15) is 0 Å². The molecular weight excluding hydrogens is 290 g/mol. The third-order valence-corrected chi connectivity index (χ3v) is 4.39. The van der Waals surface area contributed by atoms with Gasteiger partial charge in [0.2, 0.25) is 0 Å². The van der Waals surface area contributed by atoms with Gasteiger partial charge in [0.1, 0.15) is 11.4 Å². The molecule has 0 amide bonds. The molecule has 1 saturated heterocycles. The van der Waals surface area contributed by atoms with Crippen molar-refractivity contribution in [1.82, 2.24) is 14.9 Å². The van der Waals surface area contributed by atoms with Gasteiger partial charge in [-0.15, -0.1) is 0 Å². The SMILES string of the molecule is c1c[nH]c(CN2CCOC[C@@H](Cc3ccc4ccoc4c3)C2)n1. The Labute approximate surface area is 135 Å². The molecule has 23 heavy (non-hydrogen) atoms. The molecule has 1 fully saturated rings. The Kier molecular flexibility index (Phi) is 4.13. The molecule has 1 aromatic carbocycles. The van der Waals surface area contributed by atoms with E-state index in [1.54, 1.807) is 12.5 Å². The summed E-state index contributed by atoms with van der Waals surface area (Å²) in [6, 6.07) is 8.47. The van der Waals surface area contributed by atoms with E-state index < -0.39 is 0 Å². The first-order chi connectivity index (χ1) is 11.4. The summed E-state index contributed by atoms with van der Waals surface area (Å²) in [7, 11) is 0. The average Bonchev–Trinajstić information content (AvgIpc) is 3.17. The maximum atomic E-state index is 5.81. The first-order valence-corrected chi connectivity index (χ1v) is 8.11. The van der Waals surface area contributed by atoms with Crippen LogP contribution < -0.4 is 0 Å². The molecule has 2 aromatic heterocycles. The number of nitrogens with zero attached hydrogens (tertiary/aromatic N) is 2. The molecule has 5 nitrogen and oxygen atoms in total. The first kappa shape index (κ1) is 14.5. The number of aromatic nitrogens is 2. The van der Waals surface area contributed by atoms with E-state index >= 15 is 0 Å². The zero-order chi connectivity index (χ0) is 15.5. The van der Waals surface area contributed by atoms with E-state index in [4.69, 9.17) is 9.15 Å². The molecule has 0 spiro atoms. The van der Waals surface area contributed by atoms with E-state index in [1.807, 2.05) is 12.3 Å². The lowest BCUT2D eigenvalue weighted by molar-refractivity contribution is 0.121. The molecule has 1 N–H and O–H groups in total. The number of benzene rings is 1. The van der Waals surface area contributed by atoms with Gasteiger partial charge < -0.3 is 14.1 Å². The highest BCUT2D eigenvalue weighted by molar-refractivity contribution is 5.77. The summed E-state index contributed by atoms with van der Waals surface area (Å²) < 4.78 is 11.3. The quantitative estimate of drug-likeness (QED) is 0.805. The van der Waals surface area contributed by atoms with E-state index in [0.717, 1.165) is 56.1 Å². The summed E-state index contributed by atoms with van der Waals surface area (Å²) in [6.45, 7) is 4.43. The monoisotopic (exact) mass is 311 g/mol. The van der Waals surface area contributed by atoms with Crippen LogP contribution in [0.1, 0.15) is 11.4 Å². The van der Waals surface area contributed by atoms with E-state index in [-0.39, 0.29) is 0 Å². The Morgan fingerprint density at radius 3 is 3.22 bits per heavy atom. The van der Waals surface area contributed by atoms with Crippen molar-refractivity contribution < 1.29 is 9.15 Å². The second-order valence-corrected chi connectivity index (χ2v) is 6.21. The number of imidazole rings is 1. The van der Waals surface area contributed by atoms with Gasteiger partial charge in [0.15, 0.2) is 0 Å². The number of H-pyrrole nitrogens is 1. The molecule has 0 radical (unpaired) electrons. The van der Waals surface area contributed by atoms with Gasteiger partial charge in [-0.1, -0.05) is 12.1 Å². The highest BCUT2D eigenvalue weighted by Crippen LogP contribution is 2.20. The number of rotatable bonds is 4. The molecule has 1 aliphatic heterocycles. The fourth-order valence-electron chi connectivity index (χ4n) is 3.28. The molecule has 1 atom stereocenters. The summed E-state index contributed by atoms with van der Waals surface area (Å²) in [5, 5.41) is 1.16. The minimum absolute atomic E-state index is 0.486. The summed E-state index contributed by atoms with van der Waals surface area (Å²) in [4.78, 5) is 9.93. The third-order valence-electron chi connectivity index (χ3n) is 4.39. The van der Waals surface area contributed by atoms with Gasteiger partial charge in [0.05, 0.1) is 26.0 Å². The van der Waals surface area contributed by atoms with Gasteiger partial charge in [-0.3, -0.25) is 4.90 Å². The van der Waals surface area contributed by atoms with Gasteiger partial charge in [-0.05, 0) is 30.0 Å². The molecule has 3 aromatic rings. The Morgan fingerprint density at radius 1 is 1.30 bits per heavy atom. The van der Waals surface area contributed by atoms with Crippen LogP contribution in [0.4, 0.5) is 0 Å².